The number of nitrogens with one attached hydrogen (secondary N) is 1. The highest BCUT2D eigenvalue weighted by Gasteiger charge is 2.23. The monoisotopic (exact) mass is 325 g/mol. The molecule has 1 aliphatic rings. The molecule has 6 heteroatoms. The third-order valence-corrected chi connectivity index (χ3v) is 4.31. The molecule has 3 aromatic rings. The van der Waals surface area contributed by atoms with Gasteiger partial charge in [0.05, 0.1) is 17.7 Å². The maximum absolute atomic E-state index is 13.7. The molecule has 0 spiro atoms. The van der Waals surface area contributed by atoms with Crippen LogP contribution in [-0.2, 0) is 0 Å². The highest BCUT2D eigenvalue weighted by atomic mass is 19.1. The first-order chi connectivity index (χ1) is 11.7. The van der Waals surface area contributed by atoms with Gasteiger partial charge in [-0.3, -0.25) is 4.79 Å². The molecule has 0 unspecified atom stereocenters. The molecule has 1 N–H and O–H groups in total. The number of fused-ring (bicyclic) bond motifs is 1. The molecule has 0 amide bonds. The van der Waals surface area contributed by atoms with E-state index in [-0.39, 0.29) is 5.82 Å². The summed E-state index contributed by atoms with van der Waals surface area (Å²) in [5.74, 6) is 0.661. The zero-order valence-electron chi connectivity index (χ0n) is 13.2. The number of H-pyrrole nitrogens is 1. The average molecular weight is 325 g/mol. The van der Waals surface area contributed by atoms with Crippen molar-refractivity contribution in [3.8, 4) is 17.0 Å². The summed E-state index contributed by atoms with van der Waals surface area (Å²) in [4.78, 5) is 23.0. The summed E-state index contributed by atoms with van der Waals surface area (Å²) < 4.78 is 19.5. The molecule has 1 aromatic carbocycles. The number of aldehydes is 1. The van der Waals surface area contributed by atoms with Gasteiger partial charge < -0.3 is 9.72 Å². The van der Waals surface area contributed by atoms with Crippen LogP contribution in [0.4, 0.5) is 4.39 Å². The number of halogens is 1. The van der Waals surface area contributed by atoms with Gasteiger partial charge in [0.25, 0.3) is 0 Å². The number of aromatic amines is 1. The smallest absolute Gasteiger partial charge is 0.154 e. The van der Waals surface area contributed by atoms with Crippen LogP contribution in [-0.4, -0.2) is 27.8 Å². The molecule has 0 atom stereocenters. The SMILES string of the molecule is Cc1[nH]c2c(-c3ccc(F)cc3OCC3CC3)ncnc2c1C=O. The minimum Gasteiger partial charge on any atom is -0.492 e. The zero-order valence-corrected chi connectivity index (χ0v) is 13.2. The molecule has 0 radical (unpaired) electrons. The molecule has 5 nitrogen and oxygen atoms in total. The minimum absolute atomic E-state index is 0.355. The highest BCUT2D eigenvalue weighted by molar-refractivity contribution is 6.01. The highest BCUT2D eigenvalue weighted by Crippen LogP contribution is 2.36. The summed E-state index contributed by atoms with van der Waals surface area (Å²) in [6, 6.07) is 4.40. The molecule has 1 saturated carbocycles. The Morgan fingerprint density at radius 2 is 2.21 bits per heavy atom. The second-order valence-corrected chi connectivity index (χ2v) is 6.12. The van der Waals surface area contributed by atoms with E-state index in [0.29, 0.717) is 46.1 Å². The Morgan fingerprint density at radius 1 is 1.38 bits per heavy atom. The number of rotatable bonds is 5. The first-order valence-electron chi connectivity index (χ1n) is 7.88. The van der Waals surface area contributed by atoms with Gasteiger partial charge in [-0.2, -0.15) is 0 Å². The van der Waals surface area contributed by atoms with Crippen LogP contribution in [0.25, 0.3) is 22.3 Å². The van der Waals surface area contributed by atoms with Crippen molar-refractivity contribution >= 4 is 17.3 Å². The number of carbonyl (C=O) groups is 1. The van der Waals surface area contributed by atoms with Gasteiger partial charge in [-0.15, -0.1) is 0 Å². The Kier molecular flexibility index (Phi) is 3.52. The van der Waals surface area contributed by atoms with Gasteiger partial charge in [0, 0.05) is 17.3 Å². The lowest BCUT2D eigenvalue weighted by atomic mass is 10.1. The Hall–Kier alpha value is -2.76. The average Bonchev–Trinajstić information content (AvgIpc) is 3.34. The van der Waals surface area contributed by atoms with Crippen molar-refractivity contribution in [3.05, 3.63) is 41.6 Å². The molecular formula is C18H16FN3O2. The van der Waals surface area contributed by atoms with E-state index in [9.17, 15) is 9.18 Å². The second-order valence-electron chi connectivity index (χ2n) is 6.12. The van der Waals surface area contributed by atoms with Crippen LogP contribution in [0.3, 0.4) is 0 Å². The normalized spacial score (nSPS) is 14.1. The lowest BCUT2D eigenvalue weighted by Gasteiger charge is -2.11. The van der Waals surface area contributed by atoms with E-state index in [0.717, 1.165) is 24.8 Å². The quantitative estimate of drug-likeness (QED) is 0.727. The molecule has 4 rings (SSSR count). The van der Waals surface area contributed by atoms with Crippen LogP contribution in [0.15, 0.2) is 24.5 Å². The van der Waals surface area contributed by atoms with Gasteiger partial charge in [-0.1, -0.05) is 0 Å². The number of hydrogen-bond acceptors (Lipinski definition) is 4. The fourth-order valence-electron chi connectivity index (χ4n) is 2.79. The molecule has 0 aliphatic heterocycles. The van der Waals surface area contributed by atoms with Crippen LogP contribution in [0.5, 0.6) is 5.75 Å². The first-order valence-corrected chi connectivity index (χ1v) is 7.88. The Labute approximate surface area is 137 Å². The van der Waals surface area contributed by atoms with E-state index in [1.807, 2.05) is 6.92 Å². The van der Waals surface area contributed by atoms with Crippen LogP contribution in [0.2, 0.25) is 0 Å². The third kappa shape index (κ3) is 2.54. The Morgan fingerprint density at radius 3 is 2.96 bits per heavy atom. The van der Waals surface area contributed by atoms with Gasteiger partial charge in [-0.05, 0) is 37.8 Å². The summed E-state index contributed by atoms with van der Waals surface area (Å²) in [5, 5.41) is 0. The topological polar surface area (TPSA) is 67.9 Å². The van der Waals surface area contributed by atoms with Crippen molar-refractivity contribution in [2.45, 2.75) is 19.8 Å². The molecular weight excluding hydrogens is 309 g/mol. The zero-order chi connectivity index (χ0) is 16.7. The number of nitrogens with zero attached hydrogens (tertiary/aromatic N) is 2. The number of hydrogen-bond donors (Lipinski definition) is 1. The van der Waals surface area contributed by atoms with E-state index < -0.39 is 0 Å². The van der Waals surface area contributed by atoms with E-state index in [4.69, 9.17) is 4.74 Å². The molecule has 24 heavy (non-hydrogen) atoms. The Balaban J connectivity index is 1.86. The van der Waals surface area contributed by atoms with E-state index in [1.165, 1.54) is 18.5 Å². The summed E-state index contributed by atoms with van der Waals surface area (Å²) in [7, 11) is 0. The van der Waals surface area contributed by atoms with E-state index >= 15 is 0 Å². The number of carbonyl (C=O) groups excluding carboxylic acids is 1. The molecule has 0 saturated heterocycles. The van der Waals surface area contributed by atoms with Crippen LogP contribution in [0.1, 0.15) is 28.9 Å². The van der Waals surface area contributed by atoms with Gasteiger partial charge >= 0.3 is 0 Å². The minimum atomic E-state index is -0.355. The number of aryl methyl sites for hydroxylation is 1. The van der Waals surface area contributed by atoms with Crippen LogP contribution >= 0.6 is 0 Å². The Bertz CT molecular complexity index is 931. The van der Waals surface area contributed by atoms with Crippen molar-refractivity contribution in [2.24, 2.45) is 5.92 Å². The summed E-state index contributed by atoms with van der Waals surface area (Å²) in [6.45, 7) is 2.39. The summed E-state index contributed by atoms with van der Waals surface area (Å²) in [6.07, 6.45) is 4.49. The molecule has 0 bridgehead atoms. The van der Waals surface area contributed by atoms with Gasteiger partial charge in [0.1, 0.15) is 29.1 Å². The number of ether oxygens (including phenoxy) is 1. The van der Waals surface area contributed by atoms with Crippen LogP contribution in [0, 0.1) is 18.7 Å². The molecule has 2 aromatic heterocycles. The van der Waals surface area contributed by atoms with Crippen molar-refractivity contribution in [3.63, 3.8) is 0 Å². The predicted molar refractivity (Wildman–Crippen MR) is 87.6 cm³/mol. The second kappa shape index (κ2) is 5.70. The lowest BCUT2D eigenvalue weighted by molar-refractivity contribution is 0.112. The van der Waals surface area contributed by atoms with Crippen molar-refractivity contribution in [1.82, 2.24) is 15.0 Å². The van der Waals surface area contributed by atoms with Crippen molar-refractivity contribution < 1.29 is 13.9 Å². The van der Waals surface area contributed by atoms with Crippen molar-refractivity contribution in [1.29, 1.82) is 0 Å². The van der Waals surface area contributed by atoms with E-state index in [2.05, 4.69) is 15.0 Å². The summed E-state index contributed by atoms with van der Waals surface area (Å²) in [5.41, 5.74) is 3.73. The van der Waals surface area contributed by atoms with Gasteiger partial charge in [-0.25, -0.2) is 14.4 Å². The van der Waals surface area contributed by atoms with Gasteiger partial charge in [0.2, 0.25) is 0 Å². The molecule has 1 aliphatic carbocycles. The fraction of sp³-hybridized carbons (Fsp3) is 0.278. The summed E-state index contributed by atoms with van der Waals surface area (Å²) >= 11 is 0. The van der Waals surface area contributed by atoms with E-state index in [1.54, 1.807) is 6.07 Å². The number of aromatic nitrogens is 3. The predicted octanol–water partition coefficient (Wildman–Crippen LogP) is 3.67. The maximum atomic E-state index is 13.7. The molecule has 1 fully saturated rings. The largest absolute Gasteiger partial charge is 0.492 e. The van der Waals surface area contributed by atoms with Gasteiger partial charge in [0.15, 0.2) is 6.29 Å². The standard InChI is InChI=1S/C18H16FN3O2/c1-10-14(7-23)17-18(22-10)16(20-9-21-17)13-5-4-12(19)6-15(13)24-8-11-2-3-11/h4-7,9,11,22H,2-3,8H2,1H3. The number of benzene rings is 1. The molecule has 2 heterocycles. The lowest BCUT2D eigenvalue weighted by Crippen LogP contribution is -2.01. The third-order valence-electron chi connectivity index (χ3n) is 4.31. The molecule has 122 valence electrons. The fourth-order valence-corrected chi connectivity index (χ4v) is 2.79. The first kappa shape index (κ1) is 14.8. The van der Waals surface area contributed by atoms with Crippen molar-refractivity contribution in [2.75, 3.05) is 6.61 Å². The maximum Gasteiger partial charge on any atom is 0.154 e. The van der Waals surface area contributed by atoms with Crippen LogP contribution < -0.4 is 4.74 Å².